The largest absolute Gasteiger partial charge is 0.480 e. The van der Waals surface area contributed by atoms with Crippen molar-refractivity contribution in [2.75, 3.05) is 5.75 Å². The number of carbonyl (C=O) groups excluding carboxylic acids is 3. The summed E-state index contributed by atoms with van der Waals surface area (Å²) in [6, 6.07) is -4.48. The molecule has 0 aliphatic rings. The Morgan fingerprint density at radius 3 is 1.79 bits per heavy atom. The maximum Gasteiger partial charge on any atom is 0.327 e. The number of nitrogens with two attached hydrogens (primary N) is 1. The van der Waals surface area contributed by atoms with Crippen molar-refractivity contribution >= 4 is 36.3 Å². The zero-order valence-electron chi connectivity index (χ0n) is 17.5. The number of thiol groups is 1. The number of carboxylic acid groups (broad SMARTS) is 1. The molecule has 11 heteroatoms. The van der Waals surface area contributed by atoms with Gasteiger partial charge in [0, 0.05) is 5.75 Å². The Balaban J connectivity index is 5.41. The molecule has 0 rings (SSSR count). The van der Waals surface area contributed by atoms with E-state index in [1.54, 1.807) is 20.8 Å². The van der Waals surface area contributed by atoms with Gasteiger partial charge in [-0.3, -0.25) is 14.4 Å². The predicted molar refractivity (Wildman–Crippen MR) is 111 cm³/mol. The maximum atomic E-state index is 12.8. The van der Waals surface area contributed by atoms with E-state index in [0.717, 1.165) is 0 Å². The van der Waals surface area contributed by atoms with Crippen molar-refractivity contribution < 1.29 is 29.4 Å². The SMILES string of the molecule is CCC(C)C(NC(=O)C(N)C(C)C)C(=O)NC(C(=O)NC(CS)C(=O)O)C(C)O. The number of amides is 3. The second kappa shape index (κ2) is 12.7. The molecule has 6 atom stereocenters. The van der Waals surface area contributed by atoms with Crippen LogP contribution in [0, 0.1) is 11.8 Å². The average Bonchev–Trinajstić information content (AvgIpc) is 2.65. The van der Waals surface area contributed by atoms with E-state index in [2.05, 4.69) is 28.6 Å². The molecule has 0 fully saturated rings. The monoisotopic (exact) mass is 434 g/mol. The number of nitrogens with one attached hydrogen (secondary N) is 3. The third-order valence-electron chi connectivity index (χ3n) is 4.67. The van der Waals surface area contributed by atoms with Gasteiger partial charge in [-0.2, -0.15) is 12.6 Å². The van der Waals surface area contributed by atoms with Crippen molar-refractivity contribution in [1.29, 1.82) is 0 Å². The van der Waals surface area contributed by atoms with Crippen molar-refractivity contribution in [3.05, 3.63) is 0 Å². The molecule has 3 amide bonds. The molecule has 6 unspecified atom stereocenters. The van der Waals surface area contributed by atoms with Crippen molar-refractivity contribution in [3.8, 4) is 0 Å². The number of aliphatic hydroxyl groups is 1. The highest BCUT2D eigenvalue weighted by atomic mass is 32.1. The van der Waals surface area contributed by atoms with E-state index in [9.17, 15) is 24.3 Å². The second-order valence-corrected chi connectivity index (χ2v) is 7.82. The molecule has 0 saturated carbocycles. The number of carboxylic acids is 1. The third-order valence-corrected chi connectivity index (χ3v) is 5.04. The van der Waals surface area contributed by atoms with Gasteiger partial charge >= 0.3 is 5.97 Å². The fraction of sp³-hybridized carbons (Fsp3) is 0.778. The van der Waals surface area contributed by atoms with Crippen molar-refractivity contribution in [2.45, 2.75) is 71.3 Å². The topological polar surface area (TPSA) is 171 Å². The minimum atomic E-state index is -1.41. The summed E-state index contributed by atoms with van der Waals surface area (Å²) in [7, 11) is 0. The van der Waals surface area contributed by atoms with Gasteiger partial charge in [-0.1, -0.05) is 34.1 Å². The lowest BCUT2D eigenvalue weighted by molar-refractivity contribution is -0.142. The first kappa shape index (κ1) is 27.1. The van der Waals surface area contributed by atoms with Crippen LogP contribution >= 0.6 is 12.6 Å². The van der Waals surface area contributed by atoms with Gasteiger partial charge < -0.3 is 31.9 Å². The highest BCUT2D eigenvalue weighted by Gasteiger charge is 2.34. The van der Waals surface area contributed by atoms with Crippen LogP contribution in [0.2, 0.25) is 0 Å². The van der Waals surface area contributed by atoms with Gasteiger partial charge in [0.15, 0.2) is 0 Å². The first-order valence-corrected chi connectivity index (χ1v) is 10.2. The van der Waals surface area contributed by atoms with E-state index in [-0.39, 0.29) is 17.6 Å². The first-order valence-electron chi connectivity index (χ1n) is 9.55. The molecule has 168 valence electrons. The fourth-order valence-electron chi connectivity index (χ4n) is 2.35. The van der Waals surface area contributed by atoms with Gasteiger partial charge in [-0.05, 0) is 18.8 Å². The van der Waals surface area contributed by atoms with Crippen LogP contribution in [0.1, 0.15) is 41.0 Å². The average molecular weight is 435 g/mol. The number of hydrogen-bond acceptors (Lipinski definition) is 7. The number of hydrogen-bond donors (Lipinski definition) is 7. The van der Waals surface area contributed by atoms with Crippen LogP contribution in [-0.2, 0) is 19.2 Å². The smallest absolute Gasteiger partial charge is 0.327 e. The zero-order chi connectivity index (χ0) is 22.9. The number of carbonyl (C=O) groups is 4. The van der Waals surface area contributed by atoms with E-state index in [1.165, 1.54) is 6.92 Å². The molecule has 0 radical (unpaired) electrons. The summed E-state index contributed by atoms with van der Waals surface area (Å²) in [6.45, 7) is 8.42. The summed E-state index contributed by atoms with van der Waals surface area (Å²) in [6.07, 6.45) is -0.749. The summed E-state index contributed by atoms with van der Waals surface area (Å²) in [4.78, 5) is 48.6. The van der Waals surface area contributed by atoms with Gasteiger partial charge in [-0.15, -0.1) is 0 Å². The molecular formula is C18H34N4O6S. The van der Waals surface area contributed by atoms with Crippen LogP contribution in [0.3, 0.4) is 0 Å². The maximum absolute atomic E-state index is 12.8. The van der Waals surface area contributed by atoms with Crippen LogP contribution in [0.5, 0.6) is 0 Å². The molecule has 0 aliphatic heterocycles. The van der Waals surface area contributed by atoms with Crippen LogP contribution in [0.4, 0.5) is 0 Å². The molecule has 0 heterocycles. The highest BCUT2D eigenvalue weighted by Crippen LogP contribution is 2.10. The van der Waals surface area contributed by atoms with Gasteiger partial charge in [0.2, 0.25) is 17.7 Å². The Hall–Kier alpha value is -1.85. The Kier molecular flexibility index (Phi) is 11.8. The summed E-state index contributed by atoms with van der Waals surface area (Å²) in [5, 5.41) is 26.2. The van der Waals surface area contributed by atoms with E-state index >= 15 is 0 Å². The van der Waals surface area contributed by atoms with Crippen LogP contribution in [-0.4, -0.2) is 69.9 Å². The van der Waals surface area contributed by atoms with Gasteiger partial charge in [0.05, 0.1) is 12.1 Å². The van der Waals surface area contributed by atoms with Crippen LogP contribution in [0.25, 0.3) is 0 Å². The van der Waals surface area contributed by atoms with E-state index < -0.39 is 54.0 Å². The van der Waals surface area contributed by atoms with Crippen molar-refractivity contribution in [1.82, 2.24) is 16.0 Å². The predicted octanol–water partition coefficient (Wildman–Crippen LogP) is -1.13. The summed E-state index contributed by atoms with van der Waals surface area (Å²) in [5.41, 5.74) is 5.84. The molecular weight excluding hydrogens is 400 g/mol. The van der Waals surface area contributed by atoms with E-state index in [1.807, 2.05) is 6.92 Å². The molecule has 0 aliphatic carbocycles. The Morgan fingerprint density at radius 1 is 0.931 bits per heavy atom. The number of aliphatic carboxylic acids is 1. The minimum Gasteiger partial charge on any atom is -0.480 e. The Labute approximate surface area is 176 Å². The molecule has 10 nitrogen and oxygen atoms in total. The molecule has 0 aromatic carbocycles. The molecule has 0 bridgehead atoms. The highest BCUT2D eigenvalue weighted by molar-refractivity contribution is 7.80. The van der Waals surface area contributed by atoms with Crippen molar-refractivity contribution in [2.24, 2.45) is 17.6 Å². The number of rotatable bonds is 12. The molecule has 29 heavy (non-hydrogen) atoms. The number of aliphatic hydroxyl groups excluding tert-OH is 1. The van der Waals surface area contributed by atoms with E-state index in [0.29, 0.717) is 6.42 Å². The molecule has 0 saturated heterocycles. The van der Waals surface area contributed by atoms with Crippen molar-refractivity contribution in [3.63, 3.8) is 0 Å². The summed E-state index contributed by atoms with van der Waals surface area (Å²) in [5.74, 6) is -3.93. The Morgan fingerprint density at radius 2 is 1.41 bits per heavy atom. The fourth-order valence-corrected chi connectivity index (χ4v) is 2.60. The standard InChI is InChI=1S/C18H34N4O6S/c1-6-9(4)13(21-15(24)12(19)8(2)3)16(25)22-14(10(5)23)17(26)20-11(7-29)18(27)28/h8-14,23,29H,6-7,19H2,1-5H3,(H,20,26)(H,21,24)(H,22,25)(H,27,28). The van der Waals surface area contributed by atoms with Crippen LogP contribution in [0.15, 0.2) is 0 Å². The van der Waals surface area contributed by atoms with Crippen LogP contribution < -0.4 is 21.7 Å². The second-order valence-electron chi connectivity index (χ2n) is 7.45. The van der Waals surface area contributed by atoms with E-state index in [4.69, 9.17) is 10.8 Å². The minimum absolute atomic E-state index is 0.138. The lowest BCUT2D eigenvalue weighted by Gasteiger charge is -2.29. The molecule has 7 N–H and O–H groups in total. The lowest BCUT2D eigenvalue weighted by Crippen LogP contribution is -2.61. The third kappa shape index (κ3) is 8.58. The Bertz CT molecular complexity index is 587. The van der Waals surface area contributed by atoms with Gasteiger partial charge in [0.1, 0.15) is 18.1 Å². The zero-order valence-corrected chi connectivity index (χ0v) is 18.4. The van der Waals surface area contributed by atoms with Gasteiger partial charge in [0.25, 0.3) is 0 Å². The molecule has 0 aromatic heterocycles. The lowest BCUT2D eigenvalue weighted by atomic mass is 9.96. The first-order chi connectivity index (χ1) is 13.4. The summed E-state index contributed by atoms with van der Waals surface area (Å²) >= 11 is 3.86. The molecule has 0 aromatic rings. The normalized spacial score (nSPS) is 17.4. The van der Waals surface area contributed by atoms with Gasteiger partial charge in [-0.25, -0.2) is 4.79 Å². The molecule has 0 spiro atoms. The summed E-state index contributed by atoms with van der Waals surface area (Å²) < 4.78 is 0. The quantitative estimate of drug-likeness (QED) is 0.190.